The van der Waals surface area contributed by atoms with E-state index in [4.69, 9.17) is 10.7 Å². The van der Waals surface area contributed by atoms with Gasteiger partial charge in [0.15, 0.2) is 0 Å². The maximum atomic E-state index is 12.7. The molecule has 5 nitrogen and oxygen atoms in total. The van der Waals surface area contributed by atoms with Crippen LogP contribution >= 0.6 is 0 Å². The van der Waals surface area contributed by atoms with Crippen LogP contribution < -0.4 is 5.73 Å². The van der Waals surface area contributed by atoms with Gasteiger partial charge in [0.25, 0.3) is 5.91 Å². The second kappa shape index (κ2) is 7.80. The fraction of sp³-hybridized carbons (Fsp3) is 0.261. The molecular formula is C23H25N3O2. The highest BCUT2D eigenvalue weighted by Gasteiger charge is 2.21. The minimum Gasteiger partial charge on any atom is -0.368 e. The van der Waals surface area contributed by atoms with Crippen molar-refractivity contribution in [2.45, 2.75) is 33.2 Å². The lowest BCUT2D eigenvalue weighted by atomic mass is 10.0. The largest absolute Gasteiger partial charge is 0.368 e. The van der Waals surface area contributed by atoms with Crippen LogP contribution in [0.2, 0.25) is 0 Å². The topological polar surface area (TPSA) is 76.3 Å². The molecule has 1 heterocycles. The van der Waals surface area contributed by atoms with Crippen molar-refractivity contribution >= 4 is 22.7 Å². The summed E-state index contributed by atoms with van der Waals surface area (Å²) in [4.78, 5) is 30.3. The number of likely N-dealkylation sites (N-methyl/N-ethyl adjacent to an activating group) is 1. The number of carbonyl (C=O) groups is 2. The van der Waals surface area contributed by atoms with Crippen LogP contribution in [0.1, 0.15) is 35.3 Å². The van der Waals surface area contributed by atoms with Gasteiger partial charge >= 0.3 is 0 Å². The lowest BCUT2D eigenvalue weighted by molar-refractivity contribution is -0.121. The quantitative estimate of drug-likeness (QED) is 0.738. The Morgan fingerprint density at radius 1 is 1.14 bits per heavy atom. The second-order valence-electron chi connectivity index (χ2n) is 7.10. The van der Waals surface area contributed by atoms with Gasteiger partial charge in [0, 0.05) is 23.6 Å². The highest BCUT2D eigenvalue weighted by molar-refractivity contribution is 5.98. The van der Waals surface area contributed by atoms with Crippen molar-refractivity contribution in [2.75, 3.05) is 7.05 Å². The van der Waals surface area contributed by atoms with Crippen molar-refractivity contribution in [3.63, 3.8) is 0 Å². The minimum atomic E-state index is -0.676. The van der Waals surface area contributed by atoms with Gasteiger partial charge in [0.05, 0.1) is 11.2 Å². The third kappa shape index (κ3) is 3.74. The molecule has 0 unspecified atom stereocenters. The van der Waals surface area contributed by atoms with Crippen LogP contribution in [0.3, 0.4) is 0 Å². The Labute approximate surface area is 165 Å². The van der Waals surface area contributed by atoms with Gasteiger partial charge in [-0.1, -0.05) is 25.1 Å². The van der Waals surface area contributed by atoms with Crippen LogP contribution in [-0.4, -0.2) is 34.8 Å². The lowest BCUT2D eigenvalue weighted by Gasteiger charge is -2.22. The number of hydrogen-bond acceptors (Lipinski definition) is 3. The number of primary amides is 1. The number of hydrogen-bond donors (Lipinski definition) is 1. The van der Waals surface area contributed by atoms with Crippen LogP contribution in [0.5, 0.6) is 0 Å². The molecule has 28 heavy (non-hydrogen) atoms. The Balaban J connectivity index is 2.00. The SMILES string of the molecule is CCc1ccc2nc(-c3cccc(C(=O)N(C)[C@H](C)C(N)=O)c3)cc(C)c2c1. The van der Waals surface area contributed by atoms with Crippen LogP contribution in [-0.2, 0) is 11.2 Å². The van der Waals surface area contributed by atoms with E-state index in [9.17, 15) is 9.59 Å². The summed E-state index contributed by atoms with van der Waals surface area (Å²) in [5, 5.41) is 1.14. The zero-order valence-corrected chi connectivity index (χ0v) is 16.7. The summed E-state index contributed by atoms with van der Waals surface area (Å²) in [5.41, 5.74) is 10.8. The van der Waals surface area contributed by atoms with E-state index in [0.29, 0.717) is 5.56 Å². The van der Waals surface area contributed by atoms with Crippen LogP contribution in [0.15, 0.2) is 48.5 Å². The number of nitrogens with zero attached hydrogens (tertiary/aromatic N) is 2. The first-order valence-corrected chi connectivity index (χ1v) is 9.39. The summed E-state index contributed by atoms with van der Waals surface area (Å²) in [7, 11) is 1.58. The number of carbonyl (C=O) groups excluding carboxylic acids is 2. The molecule has 2 N–H and O–H groups in total. The van der Waals surface area contributed by atoms with E-state index in [2.05, 4.69) is 26.0 Å². The van der Waals surface area contributed by atoms with Crippen molar-refractivity contribution in [2.24, 2.45) is 5.73 Å². The van der Waals surface area contributed by atoms with Gasteiger partial charge in [0.1, 0.15) is 6.04 Å². The molecule has 0 fully saturated rings. The average Bonchev–Trinajstić information content (AvgIpc) is 2.71. The molecule has 0 radical (unpaired) electrons. The van der Waals surface area contributed by atoms with Crippen molar-refractivity contribution in [1.29, 1.82) is 0 Å². The summed E-state index contributed by atoms with van der Waals surface area (Å²) >= 11 is 0. The Hall–Kier alpha value is -3.21. The van der Waals surface area contributed by atoms with E-state index < -0.39 is 11.9 Å². The molecule has 3 rings (SSSR count). The zero-order chi connectivity index (χ0) is 20.4. The third-order valence-corrected chi connectivity index (χ3v) is 5.21. The Kier molecular flexibility index (Phi) is 5.45. The number of aromatic nitrogens is 1. The molecule has 0 aliphatic rings. The molecule has 2 aromatic carbocycles. The van der Waals surface area contributed by atoms with E-state index in [1.165, 1.54) is 10.5 Å². The molecule has 2 amide bonds. The minimum absolute atomic E-state index is 0.252. The van der Waals surface area contributed by atoms with Gasteiger partial charge in [-0.05, 0) is 61.7 Å². The van der Waals surface area contributed by atoms with E-state index in [1.807, 2.05) is 24.3 Å². The Bertz CT molecular complexity index is 1060. The molecule has 1 atom stereocenters. The van der Waals surface area contributed by atoms with Crippen LogP contribution in [0.25, 0.3) is 22.2 Å². The third-order valence-electron chi connectivity index (χ3n) is 5.21. The van der Waals surface area contributed by atoms with Crippen molar-refractivity contribution in [1.82, 2.24) is 9.88 Å². The van der Waals surface area contributed by atoms with Crippen molar-refractivity contribution in [3.05, 3.63) is 65.2 Å². The van der Waals surface area contributed by atoms with Crippen LogP contribution in [0, 0.1) is 6.92 Å². The molecule has 0 aliphatic heterocycles. The van der Waals surface area contributed by atoms with Gasteiger partial charge in [-0.3, -0.25) is 9.59 Å². The lowest BCUT2D eigenvalue weighted by Crippen LogP contribution is -2.43. The number of rotatable bonds is 5. The molecule has 0 saturated carbocycles. The van der Waals surface area contributed by atoms with Gasteiger partial charge in [-0.25, -0.2) is 4.98 Å². The van der Waals surface area contributed by atoms with Crippen molar-refractivity contribution in [3.8, 4) is 11.3 Å². The van der Waals surface area contributed by atoms with Gasteiger partial charge in [-0.15, -0.1) is 0 Å². The molecule has 0 saturated heterocycles. The van der Waals surface area contributed by atoms with E-state index in [-0.39, 0.29) is 5.91 Å². The monoisotopic (exact) mass is 375 g/mol. The van der Waals surface area contributed by atoms with E-state index >= 15 is 0 Å². The van der Waals surface area contributed by atoms with Crippen LogP contribution in [0.4, 0.5) is 0 Å². The molecule has 0 spiro atoms. The molecule has 0 bridgehead atoms. The Morgan fingerprint density at radius 2 is 1.89 bits per heavy atom. The first kappa shape index (κ1) is 19.5. The number of amides is 2. The molecule has 144 valence electrons. The second-order valence-corrected chi connectivity index (χ2v) is 7.10. The summed E-state index contributed by atoms with van der Waals surface area (Å²) < 4.78 is 0. The highest BCUT2D eigenvalue weighted by Crippen LogP contribution is 2.26. The fourth-order valence-electron chi connectivity index (χ4n) is 3.19. The van der Waals surface area contributed by atoms with E-state index in [0.717, 1.165) is 34.1 Å². The molecule has 1 aromatic heterocycles. The summed E-state index contributed by atoms with van der Waals surface area (Å²) in [6.07, 6.45) is 0.985. The number of aryl methyl sites for hydroxylation is 2. The van der Waals surface area contributed by atoms with Gasteiger partial charge in [0.2, 0.25) is 5.91 Å². The maximum absolute atomic E-state index is 12.7. The summed E-state index contributed by atoms with van der Waals surface area (Å²) in [5.74, 6) is -0.788. The predicted octanol–water partition coefficient (Wildman–Crippen LogP) is 3.72. The van der Waals surface area contributed by atoms with Gasteiger partial charge < -0.3 is 10.6 Å². The number of benzene rings is 2. The average molecular weight is 375 g/mol. The Morgan fingerprint density at radius 3 is 2.57 bits per heavy atom. The standard InChI is InChI=1S/C23H25N3O2/c1-5-16-9-10-20-19(12-16)14(2)11-21(25-20)17-7-6-8-18(13-17)23(28)26(4)15(3)22(24)27/h6-13,15H,5H2,1-4H3,(H2,24,27)/t15-/m1/s1. The molecule has 0 aliphatic carbocycles. The first-order valence-electron chi connectivity index (χ1n) is 9.39. The smallest absolute Gasteiger partial charge is 0.254 e. The number of nitrogens with two attached hydrogens (primary N) is 1. The number of pyridine rings is 1. The normalized spacial score (nSPS) is 12.0. The maximum Gasteiger partial charge on any atom is 0.254 e. The zero-order valence-electron chi connectivity index (χ0n) is 16.7. The predicted molar refractivity (Wildman–Crippen MR) is 112 cm³/mol. The van der Waals surface area contributed by atoms with E-state index in [1.54, 1.807) is 26.1 Å². The highest BCUT2D eigenvalue weighted by atomic mass is 16.2. The fourth-order valence-corrected chi connectivity index (χ4v) is 3.19. The first-order chi connectivity index (χ1) is 13.3. The number of fused-ring (bicyclic) bond motifs is 1. The molecule has 3 aromatic rings. The molecular weight excluding hydrogens is 350 g/mol. The molecule has 5 heteroatoms. The van der Waals surface area contributed by atoms with Gasteiger partial charge in [-0.2, -0.15) is 0 Å². The summed E-state index contributed by atoms with van der Waals surface area (Å²) in [6, 6.07) is 15.0. The summed E-state index contributed by atoms with van der Waals surface area (Å²) in [6.45, 7) is 5.82. The van der Waals surface area contributed by atoms with Crippen molar-refractivity contribution < 1.29 is 9.59 Å².